The quantitative estimate of drug-likeness (QED) is 0.417. The summed E-state index contributed by atoms with van der Waals surface area (Å²) in [6, 6.07) is 16.5. The first-order valence-corrected chi connectivity index (χ1v) is 11.6. The van der Waals surface area contributed by atoms with Crippen molar-refractivity contribution in [3.05, 3.63) is 82.7 Å². The highest BCUT2D eigenvalue weighted by Crippen LogP contribution is 2.38. The van der Waals surface area contributed by atoms with E-state index in [4.69, 9.17) is 9.47 Å². The van der Waals surface area contributed by atoms with Crippen molar-refractivity contribution in [2.24, 2.45) is 0 Å². The van der Waals surface area contributed by atoms with Crippen LogP contribution in [0, 0.1) is 13.8 Å². The SMILES string of the molecule is Cc1cc(C(=O)CN2C(=O)NC(C)(c3ccc4c(c3)OCO4)C2=O)c(C)n1CCc1ccccc1. The summed E-state index contributed by atoms with van der Waals surface area (Å²) in [5.41, 5.74) is 2.79. The van der Waals surface area contributed by atoms with E-state index in [1.54, 1.807) is 25.1 Å². The lowest BCUT2D eigenvalue weighted by atomic mass is 9.91. The Kier molecular flexibility index (Phi) is 5.59. The Morgan fingerprint density at radius 2 is 1.77 bits per heavy atom. The maximum atomic E-state index is 13.3. The number of hydrogen-bond acceptors (Lipinski definition) is 5. The van der Waals surface area contributed by atoms with Crippen molar-refractivity contribution in [1.82, 2.24) is 14.8 Å². The maximum absolute atomic E-state index is 13.3. The summed E-state index contributed by atoms with van der Waals surface area (Å²) >= 11 is 0. The summed E-state index contributed by atoms with van der Waals surface area (Å²) < 4.78 is 12.8. The number of carbonyl (C=O) groups is 3. The maximum Gasteiger partial charge on any atom is 0.325 e. The molecule has 3 amide bonds. The monoisotopic (exact) mass is 473 g/mol. The first-order chi connectivity index (χ1) is 16.8. The molecule has 8 heteroatoms. The summed E-state index contributed by atoms with van der Waals surface area (Å²) in [7, 11) is 0. The van der Waals surface area contributed by atoms with E-state index in [2.05, 4.69) is 22.0 Å². The smallest absolute Gasteiger partial charge is 0.325 e. The zero-order chi connectivity index (χ0) is 24.7. The molecule has 2 aromatic carbocycles. The second-order valence-electron chi connectivity index (χ2n) is 9.11. The number of carbonyl (C=O) groups excluding carboxylic acids is 3. The lowest BCUT2D eigenvalue weighted by Gasteiger charge is -2.22. The van der Waals surface area contributed by atoms with Crippen molar-refractivity contribution >= 4 is 17.7 Å². The van der Waals surface area contributed by atoms with Gasteiger partial charge in [-0.3, -0.25) is 14.5 Å². The van der Waals surface area contributed by atoms with Gasteiger partial charge < -0.3 is 19.4 Å². The molecule has 1 unspecified atom stereocenters. The number of aromatic nitrogens is 1. The third-order valence-electron chi connectivity index (χ3n) is 6.87. The van der Waals surface area contributed by atoms with Crippen molar-refractivity contribution in [2.75, 3.05) is 13.3 Å². The Labute approximate surface area is 203 Å². The number of imide groups is 1. The highest BCUT2D eigenvalue weighted by Gasteiger charge is 2.50. The van der Waals surface area contributed by atoms with Crippen LogP contribution in [-0.2, 0) is 23.3 Å². The molecule has 0 radical (unpaired) electrons. The molecule has 1 atom stereocenters. The van der Waals surface area contributed by atoms with Crippen LogP contribution in [0.3, 0.4) is 0 Å². The number of urea groups is 1. The number of ketones is 1. The average molecular weight is 474 g/mol. The van der Waals surface area contributed by atoms with Gasteiger partial charge >= 0.3 is 6.03 Å². The number of aryl methyl sites for hydroxylation is 2. The van der Waals surface area contributed by atoms with Gasteiger partial charge in [0.15, 0.2) is 17.3 Å². The fourth-order valence-electron chi connectivity index (χ4n) is 4.79. The van der Waals surface area contributed by atoms with Gasteiger partial charge in [-0.05, 0) is 56.5 Å². The van der Waals surface area contributed by atoms with E-state index in [0.29, 0.717) is 22.6 Å². The predicted octanol–water partition coefficient (Wildman–Crippen LogP) is 3.73. The van der Waals surface area contributed by atoms with E-state index < -0.39 is 17.5 Å². The Morgan fingerprint density at radius 3 is 2.54 bits per heavy atom. The number of hydrogen-bond donors (Lipinski definition) is 1. The molecule has 8 nitrogen and oxygen atoms in total. The highest BCUT2D eigenvalue weighted by atomic mass is 16.7. The molecular weight excluding hydrogens is 446 g/mol. The molecule has 3 aromatic rings. The summed E-state index contributed by atoms with van der Waals surface area (Å²) in [5.74, 6) is 0.349. The van der Waals surface area contributed by atoms with Gasteiger partial charge in [0.2, 0.25) is 6.79 Å². The Balaban J connectivity index is 1.33. The van der Waals surface area contributed by atoms with Gasteiger partial charge in [-0.15, -0.1) is 0 Å². The van der Waals surface area contributed by atoms with Crippen LogP contribution >= 0.6 is 0 Å². The molecule has 5 rings (SSSR count). The van der Waals surface area contributed by atoms with Gasteiger partial charge in [0.05, 0.1) is 6.54 Å². The zero-order valence-electron chi connectivity index (χ0n) is 20.0. The molecule has 1 N–H and O–H groups in total. The van der Waals surface area contributed by atoms with Crippen LogP contribution in [0.5, 0.6) is 11.5 Å². The van der Waals surface area contributed by atoms with Crippen molar-refractivity contribution in [1.29, 1.82) is 0 Å². The fraction of sp³-hybridized carbons (Fsp3) is 0.296. The molecule has 2 aliphatic heterocycles. The van der Waals surface area contributed by atoms with Crippen molar-refractivity contribution in [3.63, 3.8) is 0 Å². The molecule has 0 saturated carbocycles. The number of Topliss-reactive ketones (excluding diaryl/α,β-unsaturated/α-hetero) is 1. The fourth-order valence-corrected chi connectivity index (χ4v) is 4.79. The van der Waals surface area contributed by atoms with Gasteiger partial charge in [-0.25, -0.2) is 4.79 Å². The lowest BCUT2D eigenvalue weighted by Crippen LogP contribution is -2.41. The molecule has 1 aromatic heterocycles. The van der Waals surface area contributed by atoms with Gasteiger partial charge in [0.25, 0.3) is 5.91 Å². The second kappa shape index (κ2) is 8.61. The summed E-state index contributed by atoms with van der Waals surface area (Å²) in [6.45, 7) is 6.01. The van der Waals surface area contributed by atoms with Crippen LogP contribution in [0.25, 0.3) is 0 Å². The number of nitrogens with one attached hydrogen (secondary N) is 1. The number of ether oxygens (including phenoxy) is 2. The molecule has 0 spiro atoms. The van der Waals surface area contributed by atoms with Crippen LogP contribution in [0.2, 0.25) is 0 Å². The first-order valence-electron chi connectivity index (χ1n) is 11.6. The number of amides is 3. The number of fused-ring (bicyclic) bond motifs is 1. The predicted molar refractivity (Wildman–Crippen MR) is 129 cm³/mol. The average Bonchev–Trinajstić information content (AvgIpc) is 3.50. The molecule has 0 bridgehead atoms. The minimum Gasteiger partial charge on any atom is -0.454 e. The number of rotatable bonds is 7. The number of benzene rings is 2. The minimum atomic E-state index is -1.30. The van der Waals surface area contributed by atoms with Crippen LogP contribution in [-0.4, -0.2) is 40.5 Å². The van der Waals surface area contributed by atoms with Gasteiger partial charge in [-0.1, -0.05) is 36.4 Å². The third-order valence-corrected chi connectivity index (χ3v) is 6.87. The van der Waals surface area contributed by atoms with E-state index in [0.717, 1.165) is 29.3 Å². The van der Waals surface area contributed by atoms with Gasteiger partial charge in [0.1, 0.15) is 5.54 Å². The molecule has 3 heterocycles. The van der Waals surface area contributed by atoms with Crippen molar-refractivity contribution in [2.45, 2.75) is 39.3 Å². The second-order valence-corrected chi connectivity index (χ2v) is 9.11. The molecule has 180 valence electrons. The van der Waals surface area contributed by atoms with Crippen LogP contribution in [0.15, 0.2) is 54.6 Å². The lowest BCUT2D eigenvalue weighted by molar-refractivity contribution is -0.130. The zero-order valence-corrected chi connectivity index (χ0v) is 20.0. The first kappa shape index (κ1) is 22.7. The normalized spacial score (nSPS) is 18.8. The Bertz CT molecular complexity index is 1330. The molecule has 35 heavy (non-hydrogen) atoms. The minimum absolute atomic E-state index is 0.111. The van der Waals surface area contributed by atoms with Crippen molar-refractivity contribution < 1.29 is 23.9 Å². The number of nitrogens with zero attached hydrogens (tertiary/aromatic N) is 2. The van der Waals surface area contributed by atoms with Crippen LogP contribution in [0.4, 0.5) is 4.79 Å². The summed E-state index contributed by atoms with van der Waals surface area (Å²) in [6.07, 6.45) is 0.839. The topological polar surface area (TPSA) is 89.9 Å². The molecule has 0 aliphatic carbocycles. The molecular formula is C27H27N3O5. The van der Waals surface area contributed by atoms with E-state index in [-0.39, 0.29) is 19.1 Å². The van der Waals surface area contributed by atoms with Crippen LogP contribution in [0.1, 0.15) is 39.8 Å². The van der Waals surface area contributed by atoms with Crippen LogP contribution < -0.4 is 14.8 Å². The van der Waals surface area contributed by atoms with E-state index in [9.17, 15) is 14.4 Å². The van der Waals surface area contributed by atoms with Crippen molar-refractivity contribution in [3.8, 4) is 11.5 Å². The highest BCUT2D eigenvalue weighted by molar-refractivity contribution is 6.11. The van der Waals surface area contributed by atoms with Gasteiger partial charge in [0, 0.05) is 23.5 Å². The summed E-state index contributed by atoms with van der Waals surface area (Å²) in [5, 5.41) is 2.75. The van der Waals surface area contributed by atoms with E-state index in [1.165, 1.54) is 5.56 Å². The largest absolute Gasteiger partial charge is 0.454 e. The third kappa shape index (κ3) is 3.95. The standard InChI is InChI=1S/C27H27N3O5/c1-17-13-21(18(2)29(17)12-11-19-7-5-4-6-8-19)22(31)15-30-25(32)27(3,28-26(30)33)20-9-10-23-24(14-20)35-16-34-23/h4-10,13-14H,11-12,15-16H2,1-3H3,(H,28,33). The molecule has 1 saturated heterocycles. The van der Waals surface area contributed by atoms with E-state index in [1.807, 2.05) is 38.1 Å². The molecule has 2 aliphatic rings. The molecule has 1 fully saturated rings. The van der Waals surface area contributed by atoms with Gasteiger partial charge in [-0.2, -0.15) is 0 Å². The Morgan fingerprint density at radius 1 is 1.03 bits per heavy atom. The summed E-state index contributed by atoms with van der Waals surface area (Å²) in [4.78, 5) is 40.3. The Hall–Kier alpha value is -4.07. The van der Waals surface area contributed by atoms with E-state index >= 15 is 0 Å².